The molecular weight excluding hydrogens is 260 g/mol. The van der Waals surface area contributed by atoms with E-state index in [1.54, 1.807) is 0 Å². The Kier molecular flexibility index (Phi) is 7.16. The van der Waals surface area contributed by atoms with Crippen LogP contribution in [0.15, 0.2) is 0 Å². The zero-order chi connectivity index (χ0) is 13.0. The van der Waals surface area contributed by atoms with Gasteiger partial charge in [0.25, 0.3) is 0 Å². The highest BCUT2D eigenvalue weighted by Crippen LogP contribution is 2.29. The first kappa shape index (κ1) is 16.8. The zero-order valence-electron chi connectivity index (χ0n) is 12.4. The number of carbonyl (C=O) groups is 1. The number of nitrogens with zero attached hydrogens (tertiary/aromatic N) is 1. The number of amides is 1. The third-order valence-corrected chi connectivity index (χ3v) is 4.67. The van der Waals surface area contributed by atoms with Crippen molar-refractivity contribution in [3.05, 3.63) is 0 Å². The average molecular weight is 289 g/mol. The molecule has 3 nitrogen and oxygen atoms in total. The summed E-state index contributed by atoms with van der Waals surface area (Å²) >= 11 is 0. The lowest BCUT2D eigenvalue weighted by atomic mass is 9.86. The minimum atomic E-state index is 0. The second-order valence-corrected chi connectivity index (χ2v) is 6.03. The van der Waals surface area contributed by atoms with Gasteiger partial charge in [-0.15, -0.1) is 12.4 Å². The number of hydrogen-bond donors (Lipinski definition) is 1. The van der Waals surface area contributed by atoms with Crippen LogP contribution in [0.5, 0.6) is 0 Å². The van der Waals surface area contributed by atoms with Gasteiger partial charge in [-0.1, -0.05) is 20.3 Å². The van der Waals surface area contributed by atoms with Crippen LogP contribution >= 0.6 is 12.4 Å². The minimum Gasteiger partial charge on any atom is -0.339 e. The van der Waals surface area contributed by atoms with Crippen LogP contribution in [0, 0.1) is 11.8 Å². The van der Waals surface area contributed by atoms with Crippen molar-refractivity contribution in [1.82, 2.24) is 10.2 Å². The summed E-state index contributed by atoms with van der Waals surface area (Å²) in [5, 5.41) is 3.35. The molecule has 2 aliphatic rings. The topological polar surface area (TPSA) is 32.3 Å². The van der Waals surface area contributed by atoms with Gasteiger partial charge in [-0.3, -0.25) is 4.79 Å². The molecule has 2 saturated heterocycles. The van der Waals surface area contributed by atoms with Crippen LogP contribution in [0.3, 0.4) is 0 Å². The van der Waals surface area contributed by atoms with Crippen LogP contribution in [-0.2, 0) is 4.79 Å². The van der Waals surface area contributed by atoms with E-state index >= 15 is 0 Å². The summed E-state index contributed by atoms with van der Waals surface area (Å²) < 4.78 is 0. The van der Waals surface area contributed by atoms with Crippen molar-refractivity contribution in [3.63, 3.8) is 0 Å². The quantitative estimate of drug-likeness (QED) is 0.866. The molecule has 2 fully saturated rings. The van der Waals surface area contributed by atoms with E-state index in [1.807, 2.05) is 0 Å². The molecule has 0 saturated carbocycles. The third-order valence-electron chi connectivity index (χ3n) is 4.67. The van der Waals surface area contributed by atoms with Crippen LogP contribution in [0.25, 0.3) is 0 Å². The molecular formula is C15H29ClN2O. The van der Waals surface area contributed by atoms with Crippen molar-refractivity contribution in [2.45, 2.75) is 58.4 Å². The predicted octanol–water partition coefficient (Wildman–Crippen LogP) is 2.84. The maximum atomic E-state index is 12.7. The summed E-state index contributed by atoms with van der Waals surface area (Å²) in [4.78, 5) is 14.9. The molecule has 0 radical (unpaired) electrons. The Labute approximate surface area is 123 Å². The van der Waals surface area contributed by atoms with E-state index in [-0.39, 0.29) is 18.3 Å². The van der Waals surface area contributed by atoms with E-state index in [2.05, 4.69) is 24.1 Å². The fraction of sp³-hybridized carbons (Fsp3) is 0.933. The molecule has 2 heterocycles. The van der Waals surface area contributed by atoms with Gasteiger partial charge in [0.15, 0.2) is 0 Å². The molecule has 0 aromatic heterocycles. The van der Waals surface area contributed by atoms with Crippen molar-refractivity contribution in [3.8, 4) is 0 Å². The lowest BCUT2D eigenvalue weighted by Gasteiger charge is -2.42. The van der Waals surface area contributed by atoms with Crippen LogP contribution in [0.2, 0.25) is 0 Å². The summed E-state index contributed by atoms with van der Waals surface area (Å²) in [5.41, 5.74) is 0. The number of piperidine rings is 2. The number of rotatable bonds is 3. The van der Waals surface area contributed by atoms with Gasteiger partial charge in [0.2, 0.25) is 5.91 Å². The Bertz CT molecular complexity index is 279. The summed E-state index contributed by atoms with van der Waals surface area (Å²) in [6, 6.07) is 0.506. The Balaban J connectivity index is 0.00000180. The van der Waals surface area contributed by atoms with E-state index in [4.69, 9.17) is 0 Å². The molecule has 1 amide bonds. The van der Waals surface area contributed by atoms with Gasteiger partial charge >= 0.3 is 0 Å². The lowest BCUT2D eigenvalue weighted by Crippen LogP contribution is -2.51. The summed E-state index contributed by atoms with van der Waals surface area (Å²) in [6.45, 7) is 7.57. The Morgan fingerprint density at radius 1 is 1.26 bits per heavy atom. The van der Waals surface area contributed by atoms with E-state index in [0.717, 1.165) is 32.5 Å². The normalized spacial score (nSPS) is 28.8. The second kappa shape index (κ2) is 8.11. The van der Waals surface area contributed by atoms with Crippen molar-refractivity contribution in [2.24, 2.45) is 11.8 Å². The van der Waals surface area contributed by atoms with Crippen LogP contribution < -0.4 is 5.32 Å². The summed E-state index contributed by atoms with van der Waals surface area (Å²) in [6.07, 6.45) is 6.91. The first-order chi connectivity index (χ1) is 8.74. The zero-order valence-corrected chi connectivity index (χ0v) is 13.2. The van der Waals surface area contributed by atoms with Crippen molar-refractivity contribution in [1.29, 1.82) is 0 Å². The summed E-state index contributed by atoms with van der Waals surface area (Å²) in [7, 11) is 0. The monoisotopic (exact) mass is 288 g/mol. The highest BCUT2D eigenvalue weighted by molar-refractivity contribution is 5.85. The largest absolute Gasteiger partial charge is 0.339 e. The Morgan fingerprint density at radius 3 is 2.58 bits per heavy atom. The number of likely N-dealkylation sites (tertiary alicyclic amines) is 1. The Morgan fingerprint density at radius 2 is 1.95 bits per heavy atom. The maximum absolute atomic E-state index is 12.7. The van der Waals surface area contributed by atoms with E-state index in [9.17, 15) is 4.79 Å². The standard InChI is InChI=1S/C15H28N2O.ClH/c1-3-5-14-12(2)6-4-11-17(14)15(18)13-7-9-16-10-8-13;/h12-14,16H,3-11H2,1-2H3;1H. The number of hydrogen-bond acceptors (Lipinski definition) is 2. The predicted molar refractivity (Wildman–Crippen MR) is 81.6 cm³/mol. The summed E-state index contributed by atoms with van der Waals surface area (Å²) in [5.74, 6) is 1.42. The smallest absolute Gasteiger partial charge is 0.226 e. The van der Waals surface area contributed by atoms with Gasteiger partial charge in [-0.2, -0.15) is 0 Å². The van der Waals surface area contributed by atoms with Gasteiger partial charge in [0.05, 0.1) is 0 Å². The average Bonchev–Trinajstić information content (AvgIpc) is 2.41. The molecule has 2 rings (SSSR count). The van der Waals surface area contributed by atoms with Crippen LogP contribution in [0.1, 0.15) is 52.4 Å². The fourth-order valence-electron chi connectivity index (χ4n) is 3.56. The van der Waals surface area contributed by atoms with Gasteiger partial charge in [0.1, 0.15) is 0 Å². The first-order valence-corrected chi connectivity index (χ1v) is 7.75. The first-order valence-electron chi connectivity index (χ1n) is 7.75. The van der Waals surface area contributed by atoms with Crippen LogP contribution in [0.4, 0.5) is 0 Å². The number of carbonyl (C=O) groups excluding carboxylic acids is 1. The Hall–Kier alpha value is -0.280. The second-order valence-electron chi connectivity index (χ2n) is 6.03. The van der Waals surface area contributed by atoms with Gasteiger partial charge < -0.3 is 10.2 Å². The fourth-order valence-corrected chi connectivity index (χ4v) is 3.56. The highest BCUT2D eigenvalue weighted by atomic mass is 35.5. The van der Waals surface area contributed by atoms with E-state index in [0.29, 0.717) is 17.9 Å². The highest BCUT2D eigenvalue weighted by Gasteiger charge is 2.34. The molecule has 2 atom stereocenters. The molecule has 0 aromatic rings. The van der Waals surface area contributed by atoms with Gasteiger partial charge in [-0.25, -0.2) is 0 Å². The number of nitrogens with one attached hydrogen (secondary N) is 1. The molecule has 19 heavy (non-hydrogen) atoms. The molecule has 0 bridgehead atoms. The lowest BCUT2D eigenvalue weighted by molar-refractivity contribution is -0.141. The van der Waals surface area contributed by atoms with Gasteiger partial charge in [0, 0.05) is 18.5 Å². The van der Waals surface area contributed by atoms with Crippen molar-refractivity contribution in [2.75, 3.05) is 19.6 Å². The molecule has 0 spiro atoms. The molecule has 112 valence electrons. The SMILES string of the molecule is CCCC1C(C)CCCN1C(=O)C1CCNCC1.Cl. The van der Waals surface area contributed by atoms with Crippen LogP contribution in [-0.4, -0.2) is 36.5 Å². The molecule has 1 N–H and O–H groups in total. The molecule has 0 aromatic carbocycles. The minimum absolute atomic E-state index is 0. The molecule has 4 heteroatoms. The van der Waals surface area contributed by atoms with Crippen molar-refractivity contribution >= 4 is 18.3 Å². The molecule has 2 unspecified atom stereocenters. The maximum Gasteiger partial charge on any atom is 0.226 e. The van der Waals surface area contributed by atoms with Crippen molar-refractivity contribution < 1.29 is 4.79 Å². The van der Waals surface area contributed by atoms with E-state index in [1.165, 1.54) is 25.7 Å². The van der Waals surface area contributed by atoms with Gasteiger partial charge in [-0.05, 0) is 51.1 Å². The third kappa shape index (κ3) is 4.09. The molecule has 0 aliphatic carbocycles. The molecule has 2 aliphatic heterocycles. The van der Waals surface area contributed by atoms with E-state index < -0.39 is 0 Å². The number of halogens is 1.